The predicted octanol–water partition coefficient (Wildman–Crippen LogP) is 5.02. The lowest BCUT2D eigenvalue weighted by atomic mass is 10.1. The molecule has 0 atom stereocenters. The van der Waals surface area contributed by atoms with Crippen molar-refractivity contribution in [1.29, 1.82) is 0 Å². The molecule has 0 bridgehead atoms. The van der Waals surface area contributed by atoms with E-state index >= 15 is 0 Å². The van der Waals surface area contributed by atoms with Crippen molar-refractivity contribution in [3.8, 4) is 11.5 Å². The molecule has 0 aliphatic heterocycles. The van der Waals surface area contributed by atoms with E-state index in [0.29, 0.717) is 29.1 Å². The van der Waals surface area contributed by atoms with E-state index in [-0.39, 0.29) is 5.91 Å². The first-order valence-electron chi connectivity index (χ1n) is 9.09. The summed E-state index contributed by atoms with van der Waals surface area (Å²) in [6.45, 7) is 4.77. The van der Waals surface area contributed by atoms with Gasteiger partial charge >= 0.3 is 0 Å². The Morgan fingerprint density at radius 2 is 1.96 bits per heavy atom. The Bertz CT molecular complexity index is 961. The van der Waals surface area contributed by atoms with Crippen LogP contribution < -0.4 is 14.4 Å². The molecule has 146 valence electrons. The van der Waals surface area contributed by atoms with Crippen molar-refractivity contribution >= 4 is 38.7 Å². The van der Waals surface area contributed by atoms with Gasteiger partial charge in [-0.05, 0) is 42.3 Å². The quantitative estimate of drug-likeness (QED) is 0.527. The number of hydrogen-bond donors (Lipinski definition) is 0. The molecule has 1 aromatic heterocycles. The van der Waals surface area contributed by atoms with Crippen LogP contribution in [-0.4, -0.2) is 31.7 Å². The molecule has 3 rings (SSSR count). The van der Waals surface area contributed by atoms with Gasteiger partial charge in [0.15, 0.2) is 5.13 Å². The molecular formula is C22H24N2O3S. The average Bonchev–Trinajstić information content (AvgIpc) is 3.13. The van der Waals surface area contributed by atoms with Gasteiger partial charge in [-0.2, -0.15) is 0 Å². The Morgan fingerprint density at radius 1 is 1.18 bits per heavy atom. The van der Waals surface area contributed by atoms with Gasteiger partial charge in [0.1, 0.15) is 11.5 Å². The number of fused-ring (bicyclic) bond motifs is 1. The first kappa shape index (κ1) is 19.9. The monoisotopic (exact) mass is 396 g/mol. The molecule has 0 saturated carbocycles. The van der Waals surface area contributed by atoms with E-state index in [4.69, 9.17) is 9.47 Å². The fourth-order valence-corrected chi connectivity index (χ4v) is 3.80. The summed E-state index contributed by atoms with van der Waals surface area (Å²) in [6, 6.07) is 13.4. The molecule has 2 aromatic carbocycles. The molecule has 1 amide bonds. The van der Waals surface area contributed by atoms with E-state index < -0.39 is 0 Å². The topological polar surface area (TPSA) is 51.7 Å². The van der Waals surface area contributed by atoms with Gasteiger partial charge < -0.3 is 9.47 Å². The minimum atomic E-state index is -0.113. The Morgan fingerprint density at radius 3 is 2.64 bits per heavy atom. The van der Waals surface area contributed by atoms with Gasteiger partial charge in [-0.25, -0.2) is 4.98 Å². The number of carbonyl (C=O) groups excluding carboxylic acids is 1. The normalized spacial score (nSPS) is 11.3. The van der Waals surface area contributed by atoms with E-state index in [0.717, 1.165) is 15.8 Å². The van der Waals surface area contributed by atoms with Crippen molar-refractivity contribution in [2.45, 2.75) is 13.8 Å². The SMILES string of the molecule is COc1ccc(OC)c(/C=C/C(=O)N(CC(C)C)c2nc3ccccc3s2)c1. The zero-order valence-electron chi connectivity index (χ0n) is 16.5. The average molecular weight is 397 g/mol. The number of para-hydroxylation sites is 1. The third-order valence-electron chi connectivity index (χ3n) is 4.17. The van der Waals surface area contributed by atoms with Gasteiger partial charge in [-0.3, -0.25) is 9.69 Å². The van der Waals surface area contributed by atoms with E-state index in [2.05, 4.69) is 18.8 Å². The first-order chi connectivity index (χ1) is 13.5. The second-order valence-electron chi connectivity index (χ2n) is 6.75. The third kappa shape index (κ3) is 4.51. The zero-order valence-corrected chi connectivity index (χ0v) is 17.3. The third-order valence-corrected chi connectivity index (χ3v) is 5.23. The number of ether oxygens (including phenoxy) is 2. The highest BCUT2D eigenvalue weighted by molar-refractivity contribution is 7.22. The van der Waals surface area contributed by atoms with Gasteiger partial charge in [0.05, 0.1) is 24.4 Å². The number of hydrogen-bond acceptors (Lipinski definition) is 5. The van der Waals surface area contributed by atoms with Crippen LogP contribution in [0, 0.1) is 5.92 Å². The minimum absolute atomic E-state index is 0.113. The second-order valence-corrected chi connectivity index (χ2v) is 7.76. The number of rotatable bonds is 7. The molecule has 3 aromatic rings. The molecule has 0 unspecified atom stereocenters. The van der Waals surface area contributed by atoms with Crippen LogP contribution in [0.1, 0.15) is 19.4 Å². The summed E-state index contributed by atoms with van der Waals surface area (Å²) < 4.78 is 11.7. The lowest BCUT2D eigenvalue weighted by Crippen LogP contribution is -2.32. The second kappa shape index (κ2) is 8.89. The van der Waals surface area contributed by atoms with Crippen molar-refractivity contribution < 1.29 is 14.3 Å². The highest BCUT2D eigenvalue weighted by atomic mass is 32.1. The summed E-state index contributed by atoms with van der Waals surface area (Å²) in [4.78, 5) is 19.4. The lowest BCUT2D eigenvalue weighted by Gasteiger charge is -2.20. The van der Waals surface area contributed by atoms with Crippen LogP contribution in [0.4, 0.5) is 5.13 Å². The Kier molecular flexibility index (Phi) is 6.31. The Balaban J connectivity index is 1.91. The molecule has 5 nitrogen and oxygen atoms in total. The lowest BCUT2D eigenvalue weighted by molar-refractivity contribution is -0.114. The number of amides is 1. The Labute approximate surface area is 169 Å². The predicted molar refractivity (Wildman–Crippen MR) is 115 cm³/mol. The summed E-state index contributed by atoms with van der Waals surface area (Å²) in [7, 11) is 3.21. The van der Waals surface area contributed by atoms with Gasteiger partial charge in [0, 0.05) is 18.2 Å². The molecule has 6 heteroatoms. The fourth-order valence-electron chi connectivity index (χ4n) is 2.82. The summed E-state index contributed by atoms with van der Waals surface area (Å²) in [6.07, 6.45) is 3.32. The number of aromatic nitrogens is 1. The van der Waals surface area contributed by atoms with Crippen LogP contribution in [0.25, 0.3) is 16.3 Å². The first-order valence-corrected chi connectivity index (χ1v) is 9.90. The van der Waals surface area contributed by atoms with Crippen LogP contribution in [0.15, 0.2) is 48.5 Å². The zero-order chi connectivity index (χ0) is 20.1. The highest BCUT2D eigenvalue weighted by Gasteiger charge is 2.19. The van der Waals surface area contributed by atoms with E-state index in [1.54, 1.807) is 31.3 Å². The molecule has 0 spiro atoms. The number of methoxy groups -OCH3 is 2. The van der Waals surface area contributed by atoms with Crippen LogP contribution >= 0.6 is 11.3 Å². The maximum absolute atomic E-state index is 13.0. The highest BCUT2D eigenvalue weighted by Crippen LogP contribution is 2.30. The van der Waals surface area contributed by atoms with Crippen LogP contribution in [0.3, 0.4) is 0 Å². The number of nitrogens with zero attached hydrogens (tertiary/aromatic N) is 2. The van der Waals surface area contributed by atoms with E-state index in [1.165, 1.54) is 11.3 Å². The molecule has 28 heavy (non-hydrogen) atoms. The van der Waals surface area contributed by atoms with Crippen molar-refractivity contribution in [2.24, 2.45) is 5.92 Å². The summed E-state index contributed by atoms with van der Waals surface area (Å²) >= 11 is 1.53. The molecular weight excluding hydrogens is 372 g/mol. The van der Waals surface area contributed by atoms with E-state index in [9.17, 15) is 4.79 Å². The molecule has 1 heterocycles. The van der Waals surface area contributed by atoms with E-state index in [1.807, 2.05) is 42.5 Å². The maximum atomic E-state index is 13.0. The summed E-state index contributed by atoms with van der Waals surface area (Å²) in [5, 5.41) is 0.710. The van der Waals surface area contributed by atoms with Gasteiger partial charge in [0.2, 0.25) is 0 Å². The van der Waals surface area contributed by atoms with Crippen molar-refractivity contribution in [1.82, 2.24) is 4.98 Å². The number of thiazole rings is 1. The number of carbonyl (C=O) groups is 1. The van der Waals surface area contributed by atoms with Gasteiger partial charge in [-0.1, -0.05) is 37.3 Å². The Hall–Kier alpha value is -2.86. The molecule has 0 N–H and O–H groups in total. The number of benzene rings is 2. The molecule has 0 aliphatic rings. The smallest absolute Gasteiger partial charge is 0.252 e. The molecule has 0 aliphatic carbocycles. The maximum Gasteiger partial charge on any atom is 0.252 e. The van der Waals surface area contributed by atoms with Crippen LogP contribution in [0.2, 0.25) is 0 Å². The standard InChI is InChI=1S/C22H24N2O3S/c1-15(2)14-24(22-23-18-7-5-6-8-20(18)28-22)21(25)12-9-16-13-17(26-3)10-11-19(16)27-4/h5-13,15H,14H2,1-4H3/b12-9+. The van der Waals surface area contributed by atoms with Crippen LogP contribution in [0.5, 0.6) is 11.5 Å². The minimum Gasteiger partial charge on any atom is -0.497 e. The molecule has 0 fully saturated rings. The van der Waals surface area contributed by atoms with Gasteiger partial charge in [0.25, 0.3) is 5.91 Å². The summed E-state index contributed by atoms with van der Waals surface area (Å²) in [5.41, 5.74) is 1.69. The van der Waals surface area contributed by atoms with Crippen molar-refractivity contribution in [3.63, 3.8) is 0 Å². The van der Waals surface area contributed by atoms with Crippen molar-refractivity contribution in [2.75, 3.05) is 25.7 Å². The fraction of sp³-hybridized carbons (Fsp3) is 0.273. The van der Waals surface area contributed by atoms with Crippen molar-refractivity contribution in [3.05, 3.63) is 54.1 Å². The van der Waals surface area contributed by atoms with Gasteiger partial charge in [-0.15, -0.1) is 0 Å². The molecule has 0 radical (unpaired) electrons. The number of anilines is 1. The summed E-state index contributed by atoms with van der Waals surface area (Å²) in [5.74, 6) is 1.59. The molecule has 0 saturated heterocycles. The largest absolute Gasteiger partial charge is 0.497 e. The van der Waals surface area contributed by atoms with Crippen LogP contribution in [-0.2, 0) is 4.79 Å².